The Balaban J connectivity index is 1.86. The molecule has 0 bridgehead atoms. The maximum absolute atomic E-state index is 12.8. The third-order valence-corrected chi connectivity index (χ3v) is 4.54. The first-order chi connectivity index (χ1) is 13.9. The van der Waals surface area contributed by atoms with Crippen LogP contribution in [0, 0.1) is 13.8 Å². The van der Waals surface area contributed by atoms with Crippen LogP contribution in [-0.4, -0.2) is 33.4 Å². The Morgan fingerprint density at radius 2 is 1.90 bits per heavy atom. The summed E-state index contributed by atoms with van der Waals surface area (Å²) < 4.78 is 11.2. The number of ether oxygens (including phenoxy) is 1. The van der Waals surface area contributed by atoms with Crippen LogP contribution in [0.15, 0.2) is 33.6 Å². The lowest BCUT2D eigenvalue weighted by Crippen LogP contribution is -2.35. The summed E-state index contributed by atoms with van der Waals surface area (Å²) in [6, 6.07) is 5.50. The maximum atomic E-state index is 12.8. The molecule has 0 saturated carbocycles. The third-order valence-electron chi connectivity index (χ3n) is 4.54. The number of aromatic nitrogens is 3. The fraction of sp³-hybridized carbons (Fsp3) is 0.350. The first-order valence-corrected chi connectivity index (χ1v) is 9.30. The van der Waals surface area contributed by atoms with E-state index < -0.39 is 23.5 Å². The standard InChI is InChI=1S/C20H22N4O5/c1-5-15(24-19(26)17-16(11(3)22-24)12(4)29-23-17)18(25)21-14-9-7-13(8-10-14)20(27)28-6-2/h7-10,15H,5-6H2,1-4H3,(H,21,25)/t15-/m0/s1. The van der Waals surface area contributed by atoms with Crippen molar-refractivity contribution in [2.45, 2.75) is 40.2 Å². The minimum atomic E-state index is -0.827. The van der Waals surface area contributed by atoms with E-state index in [4.69, 9.17) is 9.26 Å². The second kappa shape index (κ2) is 8.26. The minimum absolute atomic E-state index is 0.153. The molecule has 9 nitrogen and oxygen atoms in total. The lowest BCUT2D eigenvalue weighted by Gasteiger charge is -2.17. The number of carbonyl (C=O) groups is 2. The molecule has 0 spiro atoms. The van der Waals surface area contributed by atoms with Crippen LogP contribution >= 0.6 is 0 Å². The molecule has 3 aromatic rings. The summed E-state index contributed by atoms with van der Waals surface area (Å²) in [6.07, 6.45) is 0.349. The highest BCUT2D eigenvalue weighted by Crippen LogP contribution is 2.20. The molecule has 1 amide bonds. The van der Waals surface area contributed by atoms with Gasteiger partial charge in [-0.3, -0.25) is 9.59 Å². The lowest BCUT2D eigenvalue weighted by atomic mass is 10.1. The first-order valence-electron chi connectivity index (χ1n) is 9.30. The van der Waals surface area contributed by atoms with Gasteiger partial charge in [-0.15, -0.1) is 0 Å². The Bertz CT molecular complexity index is 1110. The number of esters is 1. The van der Waals surface area contributed by atoms with Crippen LogP contribution in [0.3, 0.4) is 0 Å². The predicted molar refractivity (Wildman–Crippen MR) is 106 cm³/mol. The summed E-state index contributed by atoms with van der Waals surface area (Å²) in [5.74, 6) is -0.322. The third kappa shape index (κ3) is 3.89. The van der Waals surface area contributed by atoms with Crippen molar-refractivity contribution in [3.63, 3.8) is 0 Å². The Morgan fingerprint density at radius 1 is 1.21 bits per heavy atom. The molecular weight excluding hydrogens is 376 g/mol. The average molecular weight is 398 g/mol. The molecule has 0 saturated heterocycles. The van der Waals surface area contributed by atoms with Crippen LogP contribution in [-0.2, 0) is 9.53 Å². The molecule has 1 N–H and O–H groups in total. The van der Waals surface area contributed by atoms with E-state index >= 15 is 0 Å². The number of amides is 1. The summed E-state index contributed by atoms with van der Waals surface area (Å²) in [4.78, 5) is 37.3. The van der Waals surface area contributed by atoms with Gasteiger partial charge in [0, 0.05) is 5.69 Å². The molecule has 1 aromatic carbocycles. The van der Waals surface area contributed by atoms with Gasteiger partial charge in [-0.05, 0) is 51.5 Å². The Morgan fingerprint density at radius 3 is 2.52 bits per heavy atom. The number of rotatable bonds is 6. The molecule has 0 fully saturated rings. The zero-order valence-corrected chi connectivity index (χ0v) is 16.7. The molecule has 0 aliphatic carbocycles. The highest BCUT2D eigenvalue weighted by molar-refractivity contribution is 5.95. The smallest absolute Gasteiger partial charge is 0.338 e. The number of nitrogens with zero attached hydrogens (tertiary/aromatic N) is 3. The molecule has 152 valence electrons. The number of aryl methyl sites for hydroxylation is 2. The predicted octanol–water partition coefficient (Wildman–Crippen LogP) is 2.77. The lowest BCUT2D eigenvalue weighted by molar-refractivity contribution is -0.119. The van der Waals surface area contributed by atoms with Gasteiger partial charge in [0.25, 0.3) is 5.56 Å². The highest BCUT2D eigenvalue weighted by Gasteiger charge is 2.25. The molecule has 0 aliphatic rings. The van der Waals surface area contributed by atoms with Crippen LogP contribution in [0.2, 0.25) is 0 Å². The summed E-state index contributed by atoms with van der Waals surface area (Å²) in [7, 11) is 0. The Hall–Kier alpha value is -3.49. The van der Waals surface area contributed by atoms with E-state index in [2.05, 4.69) is 15.6 Å². The van der Waals surface area contributed by atoms with Crippen molar-refractivity contribution in [2.24, 2.45) is 0 Å². The number of carbonyl (C=O) groups excluding carboxylic acids is 2. The summed E-state index contributed by atoms with van der Waals surface area (Å²) in [6.45, 7) is 7.24. The van der Waals surface area contributed by atoms with Crippen LogP contribution in [0.25, 0.3) is 10.9 Å². The molecule has 0 unspecified atom stereocenters. The van der Waals surface area contributed by atoms with Gasteiger partial charge in [-0.1, -0.05) is 12.1 Å². The van der Waals surface area contributed by atoms with Crippen molar-refractivity contribution in [2.75, 3.05) is 11.9 Å². The molecule has 0 radical (unpaired) electrons. The first kappa shape index (κ1) is 20.2. The van der Waals surface area contributed by atoms with Crippen molar-refractivity contribution in [3.8, 4) is 0 Å². The van der Waals surface area contributed by atoms with Crippen molar-refractivity contribution >= 4 is 28.5 Å². The summed E-state index contributed by atoms with van der Waals surface area (Å²) >= 11 is 0. The number of anilines is 1. The molecule has 9 heteroatoms. The van der Waals surface area contributed by atoms with Crippen molar-refractivity contribution in [1.82, 2.24) is 14.9 Å². The molecule has 2 heterocycles. The van der Waals surface area contributed by atoms with Gasteiger partial charge in [0.15, 0.2) is 5.52 Å². The summed E-state index contributed by atoms with van der Waals surface area (Å²) in [5.41, 5.74) is 1.10. The Labute approximate surface area is 166 Å². The van der Waals surface area contributed by atoms with E-state index in [1.807, 2.05) is 0 Å². The molecule has 29 heavy (non-hydrogen) atoms. The van der Waals surface area contributed by atoms with E-state index in [-0.39, 0.29) is 12.1 Å². The van der Waals surface area contributed by atoms with Crippen molar-refractivity contribution < 1.29 is 18.8 Å². The van der Waals surface area contributed by atoms with Gasteiger partial charge >= 0.3 is 5.97 Å². The van der Waals surface area contributed by atoms with Crippen LogP contribution in [0.5, 0.6) is 0 Å². The monoisotopic (exact) mass is 398 g/mol. The van der Waals surface area contributed by atoms with Crippen LogP contribution in [0.1, 0.15) is 48.1 Å². The minimum Gasteiger partial charge on any atom is -0.462 e. The maximum Gasteiger partial charge on any atom is 0.338 e. The van der Waals surface area contributed by atoms with Crippen molar-refractivity contribution in [1.29, 1.82) is 0 Å². The SMILES string of the molecule is CCOC(=O)c1ccc(NC(=O)[C@H](CC)n2nc(C)c3c(C)onc3c2=O)cc1. The average Bonchev–Trinajstić information content (AvgIpc) is 3.09. The number of fused-ring (bicyclic) bond motifs is 1. The zero-order valence-electron chi connectivity index (χ0n) is 16.7. The summed E-state index contributed by atoms with van der Waals surface area (Å²) in [5, 5.41) is 11.4. The molecular formula is C20H22N4O5. The van der Waals surface area contributed by atoms with E-state index in [1.165, 1.54) is 0 Å². The van der Waals surface area contributed by atoms with Gasteiger partial charge in [0.1, 0.15) is 11.8 Å². The largest absolute Gasteiger partial charge is 0.462 e. The Kier molecular flexibility index (Phi) is 5.76. The van der Waals surface area contributed by atoms with E-state index in [9.17, 15) is 14.4 Å². The fourth-order valence-electron chi connectivity index (χ4n) is 3.12. The fourth-order valence-corrected chi connectivity index (χ4v) is 3.12. The zero-order chi connectivity index (χ0) is 21.1. The molecule has 3 rings (SSSR count). The highest BCUT2D eigenvalue weighted by atomic mass is 16.5. The number of nitrogens with one attached hydrogen (secondary N) is 1. The van der Waals surface area contributed by atoms with E-state index in [1.54, 1.807) is 52.0 Å². The van der Waals surface area contributed by atoms with E-state index in [0.717, 1.165) is 4.68 Å². The van der Waals surface area contributed by atoms with E-state index in [0.29, 0.717) is 34.5 Å². The van der Waals surface area contributed by atoms with Gasteiger partial charge in [-0.25, -0.2) is 9.48 Å². The van der Waals surface area contributed by atoms with Crippen LogP contribution in [0.4, 0.5) is 5.69 Å². The normalized spacial score (nSPS) is 12.0. The second-order valence-corrected chi connectivity index (χ2v) is 6.51. The van der Waals surface area contributed by atoms with Gasteiger partial charge in [-0.2, -0.15) is 5.10 Å². The topological polar surface area (TPSA) is 116 Å². The van der Waals surface area contributed by atoms with Gasteiger partial charge in [0.05, 0.1) is 23.3 Å². The van der Waals surface area contributed by atoms with Gasteiger partial charge in [0.2, 0.25) is 5.91 Å². The molecule has 2 aromatic heterocycles. The quantitative estimate of drug-likeness (QED) is 0.635. The molecule has 0 aliphatic heterocycles. The number of hydrogen-bond donors (Lipinski definition) is 1. The van der Waals surface area contributed by atoms with Crippen LogP contribution < -0.4 is 10.9 Å². The second-order valence-electron chi connectivity index (χ2n) is 6.51. The molecule has 1 atom stereocenters. The number of hydrogen-bond acceptors (Lipinski definition) is 7. The number of benzene rings is 1. The van der Waals surface area contributed by atoms with Gasteiger partial charge < -0.3 is 14.6 Å². The van der Waals surface area contributed by atoms with Crippen molar-refractivity contribution in [3.05, 3.63) is 51.6 Å².